The Morgan fingerprint density at radius 2 is 2.33 bits per heavy atom. The van der Waals surface area contributed by atoms with Crippen molar-refractivity contribution >= 4 is 11.7 Å². The molecular weight excluding hydrogens is 196 g/mol. The van der Waals surface area contributed by atoms with Crippen LogP contribution in [0.2, 0.25) is 0 Å². The number of hydrogen-bond acceptors (Lipinski definition) is 4. The highest BCUT2D eigenvalue weighted by Gasteiger charge is 2.15. The Kier molecular flexibility index (Phi) is 3.66. The predicted molar refractivity (Wildman–Crippen MR) is 53.3 cm³/mol. The van der Waals surface area contributed by atoms with Crippen LogP contribution in [0.1, 0.15) is 5.56 Å². The van der Waals surface area contributed by atoms with E-state index in [2.05, 4.69) is 5.32 Å². The molecule has 0 unspecified atom stereocenters. The first-order valence-corrected chi connectivity index (χ1v) is 4.27. The van der Waals surface area contributed by atoms with Gasteiger partial charge in [0.25, 0.3) is 0 Å². The van der Waals surface area contributed by atoms with Crippen LogP contribution < -0.4 is 5.32 Å². The summed E-state index contributed by atoms with van der Waals surface area (Å²) < 4.78 is 0. The highest BCUT2D eigenvalue weighted by Crippen LogP contribution is 2.10. The van der Waals surface area contributed by atoms with Crippen LogP contribution in [-0.2, 0) is 4.79 Å². The first-order valence-electron chi connectivity index (χ1n) is 4.27. The Balaban J connectivity index is 2.80. The Labute approximate surface area is 86.6 Å². The first kappa shape index (κ1) is 11.0. The monoisotopic (exact) mass is 206 g/mol. The number of aliphatic hydroxyl groups excluding tert-OH is 1. The average Bonchev–Trinajstić information content (AvgIpc) is 2.25. The minimum Gasteiger partial charge on any atom is -0.480 e. The van der Waals surface area contributed by atoms with E-state index in [1.165, 1.54) is 6.07 Å². The molecule has 0 spiro atoms. The van der Waals surface area contributed by atoms with Gasteiger partial charge in [0.15, 0.2) is 0 Å². The van der Waals surface area contributed by atoms with Crippen molar-refractivity contribution in [2.75, 3.05) is 11.9 Å². The number of rotatable bonds is 4. The largest absolute Gasteiger partial charge is 0.480 e. The van der Waals surface area contributed by atoms with Gasteiger partial charge < -0.3 is 15.5 Å². The van der Waals surface area contributed by atoms with Crippen molar-refractivity contribution in [2.24, 2.45) is 0 Å². The lowest BCUT2D eigenvalue weighted by Gasteiger charge is -2.12. The van der Waals surface area contributed by atoms with Crippen molar-refractivity contribution in [3.63, 3.8) is 0 Å². The van der Waals surface area contributed by atoms with Gasteiger partial charge in [0, 0.05) is 5.69 Å². The van der Waals surface area contributed by atoms with E-state index in [4.69, 9.17) is 15.5 Å². The van der Waals surface area contributed by atoms with Crippen LogP contribution in [0.3, 0.4) is 0 Å². The second kappa shape index (κ2) is 4.98. The number of benzene rings is 1. The molecule has 0 saturated carbocycles. The van der Waals surface area contributed by atoms with Gasteiger partial charge in [-0.05, 0) is 18.2 Å². The van der Waals surface area contributed by atoms with E-state index in [-0.39, 0.29) is 0 Å². The molecule has 0 fully saturated rings. The minimum absolute atomic E-state index is 0.432. The van der Waals surface area contributed by atoms with E-state index in [1.54, 1.807) is 18.2 Å². The fraction of sp³-hybridized carbons (Fsp3) is 0.200. The van der Waals surface area contributed by atoms with Gasteiger partial charge in [0.2, 0.25) is 0 Å². The third kappa shape index (κ3) is 2.97. The Bertz CT molecular complexity index is 398. The third-order valence-electron chi connectivity index (χ3n) is 1.81. The highest BCUT2D eigenvalue weighted by atomic mass is 16.4. The summed E-state index contributed by atoms with van der Waals surface area (Å²) in [7, 11) is 0. The Hall–Kier alpha value is -2.06. The van der Waals surface area contributed by atoms with Gasteiger partial charge in [-0.1, -0.05) is 6.07 Å². The van der Waals surface area contributed by atoms with Crippen molar-refractivity contribution in [3.05, 3.63) is 29.8 Å². The lowest BCUT2D eigenvalue weighted by molar-refractivity contribution is -0.138. The number of nitrogens with zero attached hydrogens (tertiary/aromatic N) is 1. The van der Waals surface area contributed by atoms with Crippen LogP contribution in [-0.4, -0.2) is 28.8 Å². The summed E-state index contributed by atoms with van der Waals surface area (Å²) in [4.78, 5) is 10.6. The predicted octanol–water partition coefficient (Wildman–Crippen LogP) is 0.416. The summed E-state index contributed by atoms with van der Waals surface area (Å²) >= 11 is 0. The first-order chi connectivity index (χ1) is 7.17. The van der Waals surface area contributed by atoms with E-state index in [9.17, 15) is 4.79 Å². The van der Waals surface area contributed by atoms with Crippen molar-refractivity contribution in [1.29, 1.82) is 5.26 Å². The molecule has 0 aromatic heterocycles. The molecule has 15 heavy (non-hydrogen) atoms. The van der Waals surface area contributed by atoms with Crippen LogP contribution in [0, 0.1) is 11.3 Å². The molecule has 0 saturated heterocycles. The number of aliphatic hydroxyl groups is 1. The molecule has 1 aromatic rings. The lowest BCUT2D eigenvalue weighted by Crippen LogP contribution is -2.32. The van der Waals surface area contributed by atoms with Gasteiger partial charge in [-0.15, -0.1) is 0 Å². The minimum atomic E-state index is -1.14. The standard InChI is InChI=1S/C10H10N2O3/c11-5-7-2-1-3-8(4-7)12-9(6-13)10(14)15/h1-4,9,12-13H,6H2,(H,14,15)/t9-/m0/s1. The number of anilines is 1. The fourth-order valence-electron chi connectivity index (χ4n) is 1.07. The fourth-order valence-corrected chi connectivity index (χ4v) is 1.07. The molecule has 5 nitrogen and oxygen atoms in total. The van der Waals surface area contributed by atoms with Crippen LogP contribution >= 0.6 is 0 Å². The molecular formula is C10H10N2O3. The smallest absolute Gasteiger partial charge is 0.328 e. The van der Waals surface area contributed by atoms with E-state index in [1.807, 2.05) is 6.07 Å². The summed E-state index contributed by atoms with van der Waals surface area (Å²) in [6.45, 7) is -0.508. The quantitative estimate of drug-likeness (QED) is 0.663. The molecule has 0 amide bonds. The van der Waals surface area contributed by atoms with Crippen LogP contribution in [0.15, 0.2) is 24.3 Å². The van der Waals surface area contributed by atoms with Gasteiger partial charge in [-0.3, -0.25) is 0 Å². The maximum absolute atomic E-state index is 10.6. The molecule has 0 aliphatic rings. The number of nitrogens with one attached hydrogen (secondary N) is 1. The summed E-state index contributed by atoms with van der Waals surface area (Å²) in [6, 6.07) is 7.28. The number of carbonyl (C=O) groups is 1. The summed E-state index contributed by atoms with van der Waals surface area (Å²) in [5.41, 5.74) is 0.928. The maximum Gasteiger partial charge on any atom is 0.328 e. The SMILES string of the molecule is N#Cc1cccc(N[C@@H](CO)C(=O)O)c1. The van der Waals surface area contributed by atoms with Gasteiger partial charge in [0.1, 0.15) is 6.04 Å². The van der Waals surface area contributed by atoms with E-state index in [0.29, 0.717) is 11.3 Å². The zero-order valence-corrected chi connectivity index (χ0v) is 7.84. The lowest BCUT2D eigenvalue weighted by atomic mass is 10.2. The molecule has 0 bridgehead atoms. The number of hydrogen-bond donors (Lipinski definition) is 3. The number of carboxylic acid groups (broad SMARTS) is 1. The molecule has 0 aliphatic heterocycles. The third-order valence-corrected chi connectivity index (χ3v) is 1.81. The van der Waals surface area contributed by atoms with E-state index < -0.39 is 18.6 Å². The number of aliphatic carboxylic acids is 1. The van der Waals surface area contributed by atoms with Crippen molar-refractivity contribution in [1.82, 2.24) is 0 Å². The number of nitriles is 1. The maximum atomic E-state index is 10.6. The second-order valence-electron chi connectivity index (χ2n) is 2.91. The Morgan fingerprint density at radius 1 is 1.60 bits per heavy atom. The van der Waals surface area contributed by atoms with Crippen LogP contribution in [0.25, 0.3) is 0 Å². The van der Waals surface area contributed by atoms with Gasteiger partial charge >= 0.3 is 5.97 Å². The normalized spacial score (nSPS) is 11.5. The van der Waals surface area contributed by atoms with E-state index >= 15 is 0 Å². The molecule has 0 radical (unpaired) electrons. The molecule has 0 heterocycles. The van der Waals surface area contributed by atoms with Gasteiger partial charge in [-0.2, -0.15) is 5.26 Å². The molecule has 1 aromatic carbocycles. The average molecular weight is 206 g/mol. The highest BCUT2D eigenvalue weighted by molar-refractivity contribution is 5.77. The zero-order chi connectivity index (χ0) is 11.3. The number of carboxylic acids is 1. The molecule has 0 aliphatic carbocycles. The summed E-state index contributed by atoms with van der Waals surface area (Å²) in [5.74, 6) is -1.14. The molecule has 5 heteroatoms. The molecule has 78 valence electrons. The van der Waals surface area contributed by atoms with E-state index in [0.717, 1.165) is 0 Å². The van der Waals surface area contributed by atoms with Crippen molar-refractivity contribution in [3.8, 4) is 6.07 Å². The van der Waals surface area contributed by atoms with Crippen LogP contribution in [0.5, 0.6) is 0 Å². The second-order valence-corrected chi connectivity index (χ2v) is 2.91. The topological polar surface area (TPSA) is 93.4 Å². The Morgan fingerprint density at radius 3 is 2.87 bits per heavy atom. The van der Waals surface area contributed by atoms with Crippen molar-refractivity contribution in [2.45, 2.75) is 6.04 Å². The van der Waals surface area contributed by atoms with Gasteiger partial charge in [0.05, 0.1) is 18.2 Å². The summed E-state index contributed by atoms with van der Waals surface area (Å²) in [5, 5.41) is 28.7. The zero-order valence-electron chi connectivity index (χ0n) is 7.84. The summed E-state index contributed by atoms with van der Waals surface area (Å²) in [6.07, 6.45) is 0. The molecule has 1 rings (SSSR count). The van der Waals surface area contributed by atoms with Crippen molar-refractivity contribution < 1.29 is 15.0 Å². The molecule has 3 N–H and O–H groups in total. The molecule has 1 atom stereocenters. The van der Waals surface area contributed by atoms with Gasteiger partial charge in [-0.25, -0.2) is 4.79 Å². The van der Waals surface area contributed by atoms with Crippen LogP contribution in [0.4, 0.5) is 5.69 Å².